The Bertz CT molecular complexity index is 937. The zero-order valence-corrected chi connectivity index (χ0v) is 24.6. The molecule has 6 heteroatoms. The molecule has 0 spiro atoms. The van der Waals surface area contributed by atoms with Gasteiger partial charge in [0.2, 0.25) is 5.91 Å². The van der Waals surface area contributed by atoms with Gasteiger partial charge in [-0.25, -0.2) is 0 Å². The van der Waals surface area contributed by atoms with Gasteiger partial charge in [-0.15, -0.1) is 0 Å². The number of carbonyl (C=O) groups excluding carboxylic acids is 1. The van der Waals surface area contributed by atoms with Crippen LogP contribution in [0.15, 0.2) is 35.1 Å². The van der Waals surface area contributed by atoms with Crippen molar-refractivity contribution >= 4 is 23.3 Å². The van der Waals surface area contributed by atoms with Gasteiger partial charge in [-0.2, -0.15) is 0 Å². The van der Waals surface area contributed by atoms with Crippen molar-refractivity contribution in [3.05, 3.63) is 51.3 Å². The van der Waals surface area contributed by atoms with E-state index in [1.807, 2.05) is 12.1 Å². The zero-order chi connectivity index (χ0) is 26.8. The SMILES string of the molecule is CC/C(C)=C(\O/C(C)=C(\C)CN1CCC(C(=O)NCCCN2CCCCC2)CC1)c1c(C)cccc1Cl. The number of hydrogen-bond acceptors (Lipinski definition) is 4. The molecular weight excluding hydrogens is 482 g/mol. The van der Waals surface area contributed by atoms with Gasteiger partial charge in [0, 0.05) is 24.6 Å². The number of nitrogens with one attached hydrogen (secondary N) is 1. The molecule has 2 heterocycles. The Morgan fingerprint density at radius 2 is 1.73 bits per heavy atom. The molecule has 0 aromatic heterocycles. The largest absolute Gasteiger partial charge is 0.461 e. The van der Waals surface area contributed by atoms with Crippen LogP contribution in [0.25, 0.3) is 5.76 Å². The van der Waals surface area contributed by atoms with E-state index in [1.54, 1.807) is 0 Å². The Balaban J connectivity index is 1.47. The van der Waals surface area contributed by atoms with Crippen LogP contribution in [0.1, 0.15) is 83.8 Å². The van der Waals surface area contributed by atoms with E-state index in [4.69, 9.17) is 16.3 Å². The number of allylic oxidation sites excluding steroid dienone is 2. The summed E-state index contributed by atoms with van der Waals surface area (Å²) in [5.74, 6) is 2.18. The summed E-state index contributed by atoms with van der Waals surface area (Å²) in [4.78, 5) is 17.7. The van der Waals surface area contributed by atoms with Gasteiger partial charge in [-0.05, 0) is 122 Å². The fourth-order valence-electron chi connectivity index (χ4n) is 5.31. The summed E-state index contributed by atoms with van der Waals surface area (Å²) in [7, 11) is 0. The first-order valence-corrected chi connectivity index (χ1v) is 14.7. The molecule has 2 aliphatic heterocycles. The minimum atomic E-state index is 0.137. The number of ether oxygens (including phenoxy) is 1. The van der Waals surface area contributed by atoms with E-state index in [0.717, 1.165) is 86.1 Å². The van der Waals surface area contributed by atoms with Crippen molar-refractivity contribution in [3.63, 3.8) is 0 Å². The number of likely N-dealkylation sites (tertiary alicyclic amines) is 2. The molecule has 0 radical (unpaired) electrons. The summed E-state index contributed by atoms with van der Waals surface area (Å²) < 4.78 is 6.49. The molecule has 37 heavy (non-hydrogen) atoms. The molecule has 1 N–H and O–H groups in total. The van der Waals surface area contributed by atoms with Gasteiger partial charge >= 0.3 is 0 Å². The number of amides is 1. The predicted molar refractivity (Wildman–Crippen MR) is 156 cm³/mol. The van der Waals surface area contributed by atoms with Gasteiger partial charge in [0.15, 0.2) is 0 Å². The molecular formula is C31H48ClN3O2. The topological polar surface area (TPSA) is 44.8 Å². The number of nitrogens with zero attached hydrogens (tertiary/aromatic N) is 2. The van der Waals surface area contributed by atoms with Crippen molar-refractivity contribution in [3.8, 4) is 0 Å². The van der Waals surface area contributed by atoms with Crippen molar-refractivity contribution in [2.45, 2.75) is 79.6 Å². The van der Waals surface area contributed by atoms with Crippen LogP contribution in [0.2, 0.25) is 5.02 Å². The highest BCUT2D eigenvalue weighted by molar-refractivity contribution is 6.32. The lowest BCUT2D eigenvalue weighted by atomic mass is 9.95. The number of halogens is 1. The quantitative estimate of drug-likeness (QED) is 0.253. The van der Waals surface area contributed by atoms with Crippen molar-refractivity contribution in [2.75, 3.05) is 45.8 Å². The Morgan fingerprint density at radius 1 is 1.03 bits per heavy atom. The lowest BCUT2D eigenvalue weighted by Gasteiger charge is -2.32. The van der Waals surface area contributed by atoms with E-state index >= 15 is 0 Å². The van der Waals surface area contributed by atoms with Crippen LogP contribution in [0, 0.1) is 12.8 Å². The molecule has 0 atom stereocenters. The fourth-order valence-corrected chi connectivity index (χ4v) is 5.62. The monoisotopic (exact) mass is 529 g/mol. The first kappa shape index (κ1) is 29.7. The van der Waals surface area contributed by atoms with Crippen LogP contribution < -0.4 is 5.32 Å². The van der Waals surface area contributed by atoms with Gasteiger partial charge in [-0.3, -0.25) is 9.69 Å². The van der Waals surface area contributed by atoms with Gasteiger partial charge < -0.3 is 15.0 Å². The van der Waals surface area contributed by atoms with E-state index in [-0.39, 0.29) is 11.8 Å². The molecule has 5 nitrogen and oxygen atoms in total. The van der Waals surface area contributed by atoms with Crippen LogP contribution in [-0.2, 0) is 9.53 Å². The number of hydrogen-bond donors (Lipinski definition) is 1. The summed E-state index contributed by atoms with van der Waals surface area (Å²) in [5.41, 5.74) is 4.50. The number of carbonyl (C=O) groups is 1. The van der Waals surface area contributed by atoms with Gasteiger partial charge in [0.1, 0.15) is 11.5 Å². The molecule has 2 fully saturated rings. The van der Waals surface area contributed by atoms with Crippen LogP contribution in [0.3, 0.4) is 0 Å². The highest BCUT2D eigenvalue weighted by Gasteiger charge is 2.25. The second-order valence-electron chi connectivity index (χ2n) is 10.9. The van der Waals surface area contributed by atoms with E-state index in [0.29, 0.717) is 0 Å². The summed E-state index contributed by atoms with van der Waals surface area (Å²) in [6.45, 7) is 17.6. The number of aryl methyl sites for hydroxylation is 1. The maximum atomic E-state index is 12.7. The van der Waals surface area contributed by atoms with Crippen LogP contribution in [0.4, 0.5) is 0 Å². The van der Waals surface area contributed by atoms with E-state index < -0.39 is 0 Å². The van der Waals surface area contributed by atoms with Crippen molar-refractivity contribution in [2.24, 2.45) is 5.92 Å². The molecule has 2 saturated heterocycles. The van der Waals surface area contributed by atoms with Crippen molar-refractivity contribution in [1.82, 2.24) is 15.1 Å². The second-order valence-corrected chi connectivity index (χ2v) is 11.3. The third-order valence-corrected chi connectivity index (χ3v) is 8.36. The Hall–Kier alpha value is -1.82. The van der Waals surface area contributed by atoms with Gasteiger partial charge in [0.05, 0.1) is 5.02 Å². The summed E-state index contributed by atoms with van der Waals surface area (Å²) in [6, 6.07) is 5.99. The highest BCUT2D eigenvalue weighted by Crippen LogP contribution is 2.33. The van der Waals surface area contributed by atoms with Gasteiger partial charge in [-0.1, -0.05) is 37.1 Å². The summed E-state index contributed by atoms with van der Waals surface area (Å²) in [5, 5.41) is 3.92. The zero-order valence-electron chi connectivity index (χ0n) is 23.8. The molecule has 0 saturated carbocycles. The molecule has 0 bridgehead atoms. The third kappa shape index (κ3) is 8.87. The van der Waals surface area contributed by atoms with Crippen LogP contribution in [-0.4, -0.2) is 61.5 Å². The lowest BCUT2D eigenvalue weighted by molar-refractivity contribution is -0.126. The molecule has 206 valence electrons. The molecule has 1 aromatic rings. The number of benzene rings is 1. The minimum absolute atomic E-state index is 0.137. The summed E-state index contributed by atoms with van der Waals surface area (Å²) >= 11 is 6.59. The predicted octanol–water partition coefficient (Wildman–Crippen LogP) is 6.80. The first-order valence-electron chi connectivity index (χ1n) is 14.3. The molecule has 0 unspecified atom stereocenters. The Labute approximate surface area is 230 Å². The van der Waals surface area contributed by atoms with Gasteiger partial charge in [0.25, 0.3) is 0 Å². The van der Waals surface area contributed by atoms with Crippen molar-refractivity contribution < 1.29 is 9.53 Å². The molecule has 1 aromatic carbocycles. The van der Waals surface area contributed by atoms with Crippen LogP contribution in [0.5, 0.6) is 0 Å². The smallest absolute Gasteiger partial charge is 0.223 e. The maximum absolute atomic E-state index is 12.7. The molecule has 1 amide bonds. The van der Waals surface area contributed by atoms with Crippen molar-refractivity contribution in [1.29, 1.82) is 0 Å². The Kier molecular flexibility index (Phi) is 12.0. The average Bonchev–Trinajstić information content (AvgIpc) is 2.90. The molecule has 0 aliphatic carbocycles. The second kappa shape index (κ2) is 14.9. The third-order valence-electron chi connectivity index (χ3n) is 8.04. The minimum Gasteiger partial charge on any atom is -0.461 e. The Morgan fingerprint density at radius 3 is 2.38 bits per heavy atom. The lowest BCUT2D eigenvalue weighted by Crippen LogP contribution is -2.41. The number of piperidine rings is 2. The fraction of sp³-hybridized carbons (Fsp3) is 0.645. The molecule has 3 rings (SSSR count). The normalized spacial score (nSPS) is 19.3. The summed E-state index contributed by atoms with van der Waals surface area (Å²) in [6.07, 6.45) is 7.81. The highest BCUT2D eigenvalue weighted by atomic mass is 35.5. The molecule has 2 aliphatic rings. The maximum Gasteiger partial charge on any atom is 0.223 e. The van der Waals surface area contributed by atoms with E-state index in [2.05, 4.69) is 55.8 Å². The van der Waals surface area contributed by atoms with E-state index in [9.17, 15) is 4.79 Å². The first-order chi connectivity index (χ1) is 17.8. The van der Waals surface area contributed by atoms with E-state index in [1.165, 1.54) is 43.5 Å². The number of rotatable bonds is 11. The average molecular weight is 530 g/mol. The standard InChI is InChI=1S/C31H48ClN3O2/c1-6-23(2)30(29-24(3)12-10-13-28(29)32)37-26(5)25(4)22-35-20-14-27(15-21-35)31(36)33-16-11-19-34-17-8-7-9-18-34/h10,12-13,27H,6-9,11,14-22H2,1-5H3,(H,33,36)/b26-25+,30-23-. The van der Waals surface area contributed by atoms with Crippen LogP contribution >= 0.6 is 11.6 Å².